The van der Waals surface area contributed by atoms with Gasteiger partial charge in [-0.25, -0.2) is 9.97 Å². The first-order valence-electron chi connectivity index (χ1n) is 10.7. The maximum absolute atomic E-state index is 12.9. The Kier molecular flexibility index (Phi) is 5.36. The van der Waals surface area contributed by atoms with E-state index in [1.54, 1.807) is 6.20 Å². The van der Waals surface area contributed by atoms with Crippen molar-refractivity contribution in [1.29, 1.82) is 5.26 Å². The molecular weight excluding hydrogens is 424 g/mol. The van der Waals surface area contributed by atoms with E-state index in [1.165, 1.54) is 22.7 Å². The van der Waals surface area contributed by atoms with Gasteiger partial charge in [-0.1, -0.05) is 19.4 Å². The quantitative estimate of drug-likeness (QED) is 0.426. The van der Waals surface area contributed by atoms with Crippen LogP contribution in [0, 0.1) is 17.2 Å². The van der Waals surface area contributed by atoms with Crippen molar-refractivity contribution in [1.82, 2.24) is 24.6 Å². The van der Waals surface area contributed by atoms with Gasteiger partial charge in [0.1, 0.15) is 23.6 Å². The van der Waals surface area contributed by atoms with Crippen LogP contribution in [0.2, 0.25) is 0 Å². The minimum Gasteiger partial charge on any atom is -0.383 e. The Balaban J connectivity index is 1.23. The Morgan fingerprint density at radius 2 is 2.28 bits per heavy atom. The normalized spacial score (nSPS) is 20.1. The number of nitrogens with zero attached hydrogens (tertiary/aromatic N) is 4. The van der Waals surface area contributed by atoms with Crippen LogP contribution in [0.3, 0.4) is 0 Å². The Morgan fingerprint density at radius 1 is 1.41 bits per heavy atom. The first-order chi connectivity index (χ1) is 15.5. The van der Waals surface area contributed by atoms with Crippen LogP contribution in [-0.4, -0.2) is 44.4 Å². The van der Waals surface area contributed by atoms with Crippen LogP contribution in [-0.2, 0) is 4.79 Å². The summed E-state index contributed by atoms with van der Waals surface area (Å²) in [5, 5.41) is 20.7. The third-order valence-electron chi connectivity index (χ3n) is 6.09. The number of pyridine rings is 1. The van der Waals surface area contributed by atoms with Gasteiger partial charge >= 0.3 is 0 Å². The predicted octanol–water partition coefficient (Wildman–Crippen LogP) is 3.14. The lowest BCUT2D eigenvalue weighted by Gasteiger charge is -2.18. The first kappa shape index (κ1) is 20.6. The van der Waals surface area contributed by atoms with Crippen molar-refractivity contribution in [3.63, 3.8) is 0 Å². The summed E-state index contributed by atoms with van der Waals surface area (Å²) < 4.78 is 4.30. The Bertz CT molecular complexity index is 1250. The second-order valence-electron chi connectivity index (χ2n) is 8.60. The Labute approximate surface area is 189 Å². The summed E-state index contributed by atoms with van der Waals surface area (Å²) in [6.07, 6.45) is 5.21. The number of anilines is 2. The maximum Gasteiger partial charge on any atom is 0.247 e. The summed E-state index contributed by atoms with van der Waals surface area (Å²) in [5.41, 5.74) is 4.61. The number of carbonyl (C=O) groups excluding carboxylic acids is 1. The molecule has 3 aromatic heterocycles. The van der Waals surface area contributed by atoms with Gasteiger partial charge < -0.3 is 10.3 Å². The van der Waals surface area contributed by atoms with Crippen molar-refractivity contribution >= 4 is 39.3 Å². The number of hydrogen-bond acceptors (Lipinski definition) is 8. The van der Waals surface area contributed by atoms with Crippen LogP contribution in [0.25, 0.3) is 11.0 Å². The van der Waals surface area contributed by atoms with Gasteiger partial charge in [0.2, 0.25) is 11.0 Å². The standard InChI is InChI=1S/C22H24N8OS/c1-11(2)19-28-22(32-30-19)29-21(31)18-16-6-12(5-13(16)9-26-18)8-25-17-14(7-23)10-27-20-15(17)3-4-24-20/h3-4,10-12,18,26H,5-6,8-9H2,1-2H3,(H2,24,25,27)(H,28,29,30,31)/t12-,18-/m0/s1. The van der Waals surface area contributed by atoms with Gasteiger partial charge in [-0.05, 0) is 30.4 Å². The summed E-state index contributed by atoms with van der Waals surface area (Å²) in [5.74, 6) is 1.28. The van der Waals surface area contributed by atoms with Crippen LogP contribution < -0.4 is 16.0 Å². The van der Waals surface area contributed by atoms with Crippen LogP contribution >= 0.6 is 11.5 Å². The maximum atomic E-state index is 12.9. The summed E-state index contributed by atoms with van der Waals surface area (Å²) >= 11 is 1.22. The van der Waals surface area contributed by atoms with Gasteiger partial charge in [-0.2, -0.15) is 9.64 Å². The molecule has 0 fully saturated rings. The largest absolute Gasteiger partial charge is 0.383 e. The molecular formula is C22H24N8OS. The minimum atomic E-state index is -0.326. The second kappa shape index (κ2) is 8.33. The fourth-order valence-electron chi connectivity index (χ4n) is 4.49. The van der Waals surface area contributed by atoms with Crippen LogP contribution in [0.1, 0.15) is 44.0 Å². The number of aromatic amines is 1. The lowest BCUT2D eigenvalue weighted by Crippen LogP contribution is -2.39. The average molecular weight is 449 g/mol. The van der Waals surface area contributed by atoms with E-state index in [9.17, 15) is 10.1 Å². The van der Waals surface area contributed by atoms with Crippen molar-refractivity contribution in [3.8, 4) is 6.07 Å². The molecule has 0 aromatic carbocycles. The molecule has 32 heavy (non-hydrogen) atoms. The van der Waals surface area contributed by atoms with E-state index in [4.69, 9.17) is 0 Å². The van der Waals surface area contributed by atoms with Crippen molar-refractivity contribution in [3.05, 3.63) is 41.0 Å². The molecule has 0 radical (unpaired) electrons. The monoisotopic (exact) mass is 448 g/mol. The predicted molar refractivity (Wildman–Crippen MR) is 123 cm³/mol. The summed E-state index contributed by atoms with van der Waals surface area (Å²) in [4.78, 5) is 24.7. The number of aromatic nitrogens is 4. The molecule has 0 bridgehead atoms. The van der Waals surface area contributed by atoms with Gasteiger partial charge in [0.05, 0.1) is 11.3 Å². The molecule has 2 aliphatic rings. The molecule has 1 aliphatic heterocycles. The smallest absolute Gasteiger partial charge is 0.247 e. The summed E-state index contributed by atoms with van der Waals surface area (Å²) in [6, 6.07) is 3.83. The van der Waals surface area contributed by atoms with Crippen molar-refractivity contribution in [2.24, 2.45) is 5.92 Å². The van der Waals surface area contributed by atoms with E-state index in [0.717, 1.165) is 48.5 Å². The van der Waals surface area contributed by atoms with Crippen molar-refractivity contribution in [2.45, 2.75) is 38.6 Å². The third kappa shape index (κ3) is 3.74. The highest BCUT2D eigenvalue weighted by atomic mass is 32.1. The van der Waals surface area contributed by atoms with Crippen LogP contribution in [0.15, 0.2) is 29.6 Å². The molecule has 2 atom stereocenters. The number of carbonyl (C=O) groups is 1. The molecule has 1 aliphatic carbocycles. The fourth-order valence-corrected chi connectivity index (χ4v) is 5.20. The zero-order valence-electron chi connectivity index (χ0n) is 17.9. The second-order valence-corrected chi connectivity index (χ2v) is 9.35. The number of nitrogens with one attached hydrogen (secondary N) is 4. The molecule has 5 rings (SSSR count). The van der Waals surface area contributed by atoms with E-state index >= 15 is 0 Å². The van der Waals surface area contributed by atoms with E-state index in [-0.39, 0.29) is 17.9 Å². The van der Waals surface area contributed by atoms with Gasteiger partial charge in [0, 0.05) is 48.3 Å². The number of rotatable bonds is 6. The zero-order chi connectivity index (χ0) is 22.2. The first-order valence-corrected chi connectivity index (χ1v) is 11.5. The molecule has 0 unspecified atom stereocenters. The molecule has 4 heterocycles. The SMILES string of the molecule is CC(C)c1nsc(NC(=O)[C@H]2NCC3=C2C[C@@H](CNc2c(C#N)cnc4[nH]ccc24)C3)n1. The van der Waals surface area contributed by atoms with Gasteiger partial charge in [0.25, 0.3) is 0 Å². The van der Waals surface area contributed by atoms with Gasteiger partial charge in [-0.3, -0.25) is 15.4 Å². The van der Waals surface area contributed by atoms with E-state index in [0.29, 0.717) is 16.6 Å². The molecule has 0 saturated heterocycles. The highest BCUT2D eigenvalue weighted by molar-refractivity contribution is 7.09. The molecule has 3 aromatic rings. The minimum absolute atomic E-state index is 0.0787. The Morgan fingerprint density at radius 3 is 3.06 bits per heavy atom. The van der Waals surface area contributed by atoms with Gasteiger partial charge in [0.15, 0.2) is 0 Å². The lowest BCUT2D eigenvalue weighted by atomic mass is 10.0. The molecule has 9 nitrogen and oxygen atoms in total. The fraction of sp³-hybridized carbons (Fsp3) is 0.409. The van der Waals surface area contributed by atoms with Gasteiger partial charge in [-0.15, -0.1) is 0 Å². The molecule has 1 amide bonds. The molecule has 164 valence electrons. The Hall–Kier alpha value is -3.29. The zero-order valence-corrected chi connectivity index (χ0v) is 18.7. The number of hydrogen-bond donors (Lipinski definition) is 4. The molecule has 4 N–H and O–H groups in total. The van der Waals surface area contributed by atoms with E-state index in [1.807, 2.05) is 26.1 Å². The van der Waals surface area contributed by atoms with Crippen LogP contribution in [0.5, 0.6) is 0 Å². The molecule has 10 heteroatoms. The molecule has 0 spiro atoms. The number of nitriles is 1. The number of fused-ring (bicyclic) bond motifs is 1. The van der Waals surface area contributed by atoms with E-state index in [2.05, 4.69) is 41.3 Å². The molecule has 0 saturated carbocycles. The summed E-state index contributed by atoms with van der Waals surface area (Å²) in [7, 11) is 0. The third-order valence-corrected chi connectivity index (χ3v) is 6.74. The lowest BCUT2D eigenvalue weighted by molar-refractivity contribution is -0.117. The highest BCUT2D eigenvalue weighted by Crippen LogP contribution is 2.37. The van der Waals surface area contributed by atoms with E-state index < -0.39 is 0 Å². The topological polar surface area (TPSA) is 131 Å². The van der Waals surface area contributed by atoms with Crippen molar-refractivity contribution < 1.29 is 4.79 Å². The average Bonchev–Trinajstić information content (AvgIpc) is 3.54. The van der Waals surface area contributed by atoms with Crippen molar-refractivity contribution in [2.75, 3.05) is 23.7 Å². The highest BCUT2D eigenvalue weighted by Gasteiger charge is 2.37. The summed E-state index contributed by atoms with van der Waals surface area (Å²) in [6.45, 7) is 5.53. The number of H-pyrrole nitrogens is 1. The number of amides is 1. The van der Waals surface area contributed by atoms with Crippen LogP contribution in [0.4, 0.5) is 10.8 Å².